The van der Waals surface area contributed by atoms with Crippen molar-refractivity contribution >= 4 is 11.9 Å². The van der Waals surface area contributed by atoms with Crippen LogP contribution in [0.4, 0.5) is 10.3 Å². The SMILES string of the molecule is Cc1ccc(-n2cc(-c3ccccc3)nc2NC(=O)CNCCN(C)C)cc1F. The number of imidazole rings is 1. The zero-order valence-electron chi connectivity index (χ0n) is 16.9. The van der Waals surface area contributed by atoms with E-state index in [9.17, 15) is 9.18 Å². The number of nitrogens with zero attached hydrogens (tertiary/aromatic N) is 3. The lowest BCUT2D eigenvalue weighted by Crippen LogP contribution is -2.33. The highest BCUT2D eigenvalue weighted by Crippen LogP contribution is 2.25. The van der Waals surface area contributed by atoms with Gasteiger partial charge in [-0.1, -0.05) is 36.4 Å². The van der Waals surface area contributed by atoms with E-state index in [0.717, 1.165) is 12.1 Å². The molecule has 6 nitrogen and oxygen atoms in total. The number of nitrogens with one attached hydrogen (secondary N) is 2. The van der Waals surface area contributed by atoms with Gasteiger partial charge in [-0.05, 0) is 38.7 Å². The molecular weight excluding hydrogens is 369 g/mol. The average molecular weight is 395 g/mol. The zero-order chi connectivity index (χ0) is 20.8. The molecule has 0 bridgehead atoms. The van der Waals surface area contributed by atoms with Gasteiger partial charge < -0.3 is 10.2 Å². The van der Waals surface area contributed by atoms with E-state index in [0.29, 0.717) is 29.4 Å². The molecule has 1 heterocycles. The number of carbonyl (C=O) groups excluding carboxylic acids is 1. The molecule has 3 aromatic rings. The van der Waals surface area contributed by atoms with E-state index >= 15 is 0 Å². The number of benzene rings is 2. The van der Waals surface area contributed by atoms with Crippen molar-refractivity contribution in [3.8, 4) is 16.9 Å². The van der Waals surface area contributed by atoms with Gasteiger partial charge in [0.15, 0.2) is 0 Å². The second kappa shape index (κ2) is 9.45. The summed E-state index contributed by atoms with van der Waals surface area (Å²) < 4.78 is 15.8. The van der Waals surface area contributed by atoms with Crippen LogP contribution in [0.3, 0.4) is 0 Å². The Hall–Kier alpha value is -3.03. The highest BCUT2D eigenvalue weighted by Gasteiger charge is 2.14. The van der Waals surface area contributed by atoms with Crippen LogP contribution < -0.4 is 10.6 Å². The Kier molecular flexibility index (Phi) is 6.74. The molecule has 0 atom stereocenters. The van der Waals surface area contributed by atoms with E-state index in [1.807, 2.05) is 49.3 Å². The molecule has 0 fully saturated rings. The maximum absolute atomic E-state index is 14.1. The minimum Gasteiger partial charge on any atom is -0.308 e. The van der Waals surface area contributed by atoms with Gasteiger partial charge in [-0.25, -0.2) is 9.37 Å². The Morgan fingerprint density at radius 3 is 2.62 bits per heavy atom. The maximum Gasteiger partial charge on any atom is 0.240 e. The van der Waals surface area contributed by atoms with Crippen LogP contribution in [0, 0.1) is 12.7 Å². The predicted molar refractivity (Wildman–Crippen MR) is 114 cm³/mol. The maximum atomic E-state index is 14.1. The number of likely N-dealkylation sites (N-methyl/N-ethyl adjacent to an activating group) is 1. The molecule has 29 heavy (non-hydrogen) atoms. The molecule has 2 aromatic carbocycles. The first-order valence-corrected chi connectivity index (χ1v) is 9.50. The molecule has 1 amide bonds. The van der Waals surface area contributed by atoms with Gasteiger partial charge >= 0.3 is 0 Å². The third-order valence-corrected chi connectivity index (χ3v) is 4.48. The van der Waals surface area contributed by atoms with Crippen LogP contribution in [-0.2, 0) is 4.79 Å². The van der Waals surface area contributed by atoms with Crippen LogP contribution in [0.5, 0.6) is 0 Å². The van der Waals surface area contributed by atoms with Crippen molar-refractivity contribution in [2.75, 3.05) is 39.0 Å². The second-order valence-corrected chi connectivity index (χ2v) is 7.15. The highest BCUT2D eigenvalue weighted by molar-refractivity contribution is 5.91. The van der Waals surface area contributed by atoms with Gasteiger partial charge in [-0.3, -0.25) is 14.7 Å². The minimum atomic E-state index is -0.305. The Morgan fingerprint density at radius 2 is 1.93 bits per heavy atom. The van der Waals surface area contributed by atoms with Crippen molar-refractivity contribution < 1.29 is 9.18 Å². The van der Waals surface area contributed by atoms with Gasteiger partial charge in [0.05, 0.1) is 17.9 Å². The molecule has 1 aromatic heterocycles. The van der Waals surface area contributed by atoms with Crippen LogP contribution >= 0.6 is 0 Å². The number of hydrogen-bond donors (Lipinski definition) is 2. The first-order valence-electron chi connectivity index (χ1n) is 9.50. The number of carbonyl (C=O) groups is 1. The normalized spacial score (nSPS) is 11.1. The number of halogens is 1. The summed E-state index contributed by atoms with van der Waals surface area (Å²) in [5.74, 6) is -0.158. The molecule has 0 unspecified atom stereocenters. The van der Waals surface area contributed by atoms with E-state index in [1.54, 1.807) is 29.8 Å². The molecule has 7 heteroatoms. The summed E-state index contributed by atoms with van der Waals surface area (Å²) in [6, 6.07) is 14.6. The van der Waals surface area contributed by atoms with Gasteiger partial charge in [-0.2, -0.15) is 0 Å². The molecule has 0 spiro atoms. The monoisotopic (exact) mass is 395 g/mol. The fourth-order valence-electron chi connectivity index (χ4n) is 2.82. The summed E-state index contributed by atoms with van der Waals surface area (Å²) in [5, 5.41) is 5.94. The molecule has 0 aliphatic heterocycles. The topological polar surface area (TPSA) is 62.2 Å². The third kappa shape index (κ3) is 5.49. The fraction of sp³-hybridized carbons (Fsp3) is 0.273. The van der Waals surface area contributed by atoms with E-state index < -0.39 is 0 Å². The van der Waals surface area contributed by atoms with E-state index in [2.05, 4.69) is 15.6 Å². The van der Waals surface area contributed by atoms with Crippen molar-refractivity contribution in [3.05, 3.63) is 66.1 Å². The number of aromatic nitrogens is 2. The second-order valence-electron chi connectivity index (χ2n) is 7.15. The number of rotatable bonds is 8. The smallest absolute Gasteiger partial charge is 0.240 e. The van der Waals surface area contributed by atoms with Gasteiger partial charge in [0.2, 0.25) is 11.9 Å². The molecule has 3 rings (SSSR count). The van der Waals surface area contributed by atoms with Crippen molar-refractivity contribution in [3.63, 3.8) is 0 Å². The molecule has 0 saturated heterocycles. The van der Waals surface area contributed by atoms with E-state index in [4.69, 9.17) is 0 Å². The highest BCUT2D eigenvalue weighted by atomic mass is 19.1. The molecule has 2 N–H and O–H groups in total. The minimum absolute atomic E-state index is 0.170. The summed E-state index contributed by atoms with van der Waals surface area (Å²) in [4.78, 5) is 19.0. The quantitative estimate of drug-likeness (QED) is 0.576. The summed E-state index contributed by atoms with van der Waals surface area (Å²) in [6.07, 6.45) is 1.80. The van der Waals surface area contributed by atoms with Crippen LogP contribution in [0.2, 0.25) is 0 Å². The molecule has 0 saturated carbocycles. The van der Waals surface area contributed by atoms with Crippen LogP contribution in [0.15, 0.2) is 54.7 Å². The van der Waals surface area contributed by atoms with E-state index in [1.165, 1.54) is 6.07 Å². The molecule has 0 aliphatic rings. The van der Waals surface area contributed by atoms with Crippen LogP contribution in [-0.4, -0.2) is 54.1 Å². The van der Waals surface area contributed by atoms with Crippen molar-refractivity contribution in [2.24, 2.45) is 0 Å². The van der Waals surface area contributed by atoms with E-state index in [-0.39, 0.29) is 18.3 Å². The summed E-state index contributed by atoms with van der Waals surface area (Å²) in [6.45, 7) is 3.42. The first-order chi connectivity index (χ1) is 13.9. The standard InChI is InChI=1S/C22H26FN5O/c1-16-9-10-18(13-19(16)23)28-15-20(17-7-5-4-6-8-17)25-22(28)26-21(29)14-24-11-12-27(2)3/h4-10,13,15,24H,11-12,14H2,1-3H3,(H,25,26,29). The summed E-state index contributed by atoms with van der Waals surface area (Å²) in [5.41, 5.74) is 2.77. The molecular formula is C22H26FN5O. The number of hydrogen-bond acceptors (Lipinski definition) is 4. The molecule has 0 aliphatic carbocycles. The predicted octanol–water partition coefficient (Wildman–Crippen LogP) is 3.08. The fourth-order valence-corrected chi connectivity index (χ4v) is 2.82. The van der Waals surface area contributed by atoms with Crippen LogP contribution in [0.1, 0.15) is 5.56 Å². The molecule has 152 valence electrons. The van der Waals surface area contributed by atoms with Gasteiger partial charge in [0, 0.05) is 24.8 Å². The number of aryl methyl sites for hydroxylation is 1. The van der Waals surface area contributed by atoms with Gasteiger partial charge in [-0.15, -0.1) is 0 Å². The Balaban J connectivity index is 1.85. The lowest BCUT2D eigenvalue weighted by Gasteiger charge is -2.11. The lowest BCUT2D eigenvalue weighted by atomic mass is 10.2. The van der Waals surface area contributed by atoms with Gasteiger partial charge in [0.1, 0.15) is 5.82 Å². The average Bonchev–Trinajstić information content (AvgIpc) is 3.11. The molecule has 0 radical (unpaired) electrons. The lowest BCUT2D eigenvalue weighted by molar-refractivity contribution is -0.115. The van der Waals surface area contributed by atoms with Gasteiger partial charge in [0.25, 0.3) is 0 Å². The third-order valence-electron chi connectivity index (χ3n) is 4.48. The Labute approximate surface area is 170 Å². The zero-order valence-corrected chi connectivity index (χ0v) is 16.9. The Morgan fingerprint density at radius 1 is 1.17 bits per heavy atom. The van der Waals surface area contributed by atoms with Crippen LogP contribution in [0.25, 0.3) is 16.9 Å². The number of amides is 1. The summed E-state index contributed by atoms with van der Waals surface area (Å²) in [7, 11) is 3.95. The van der Waals surface area contributed by atoms with Crippen molar-refractivity contribution in [2.45, 2.75) is 6.92 Å². The first kappa shape index (κ1) is 20.7. The summed E-state index contributed by atoms with van der Waals surface area (Å²) >= 11 is 0. The number of anilines is 1. The Bertz CT molecular complexity index is 969. The van der Waals surface area contributed by atoms with Crippen molar-refractivity contribution in [1.82, 2.24) is 19.8 Å². The van der Waals surface area contributed by atoms with Crippen molar-refractivity contribution in [1.29, 1.82) is 0 Å². The largest absolute Gasteiger partial charge is 0.308 e.